The third-order valence-electron chi connectivity index (χ3n) is 7.11. The largest absolute Gasteiger partial charge is 0.468 e. The topological polar surface area (TPSA) is 121 Å². The lowest BCUT2D eigenvalue weighted by Crippen LogP contribution is -2.35. The van der Waals surface area contributed by atoms with Crippen molar-refractivity contribution in [2.75, 3.05) is 13.4 Å². The Balaban J connectivity index is 1.37. The molecule has 0 aliphatic carbocycles. The van der Waals surface area contributed by atoms with Crippen molar-refractivity contribution in [3.63, 3.8) is 0 Å². The smallest absolute Gasteiger partial charge is 0.253 e. The van der Waals surface area contributed by atoms with E-state index in [1.165, 1.54) is 0 Å². The summed E-state index contributed by atoms with van der Waals surface area (Å²) in [6.07, 6.45) is 3.63. The molecule has 2 atom stereocenters. The van der Waals surface area contributed by atoms with Gasteiger partial charge in [-0.15, -0.1) is 16.4 Å². The lowest BCUT2D eigenvalue weighted by molar-refractivity contribution is 0.0901. The predicted octanol–water partition coefficient (Wildman–Crippen LogP) is 3.87. The quantitative estimate of drug-likeness (QED) is 0.294. The molecule has 0 spiro atoms. The van der Waals surface area contributed by atoms with Crippen LogP contribution in [-0.4, -0.2) is 49.6 Å². The molecule has 7 rings (SSSR count). The number of hydrogen-bond acceptors (Lipinski definition) is 10. The number of nitrogens with zero attached hydrogens (tertiary/aromatic N) is 5. The average Bonchev–Trinajstić information content (AvgIpc) is 3.76. The number of hydrogen-bond donors (Lipinski definition) is 1. The van der Waals surface area contributed by atoms with Gasteiger partial charge in [-0.1, -0.05) is 6.07 Å². The summed E-state index contributed by atoms with van der Waals surface area (Å²) in [5.41, 5.74) is 0.961. The van der Waals surface area contributed by atoms with Crippen LogP contribution in [0.15, 0.2) is 63.3 Å². The predicted molar refractivity (Wildman–Crippen MR) is 142 cm³/mol. The van der Waals surface area contributed by atoms with Gasteiger partial charge in [0, 0.05) is 35.0 Å². The van der Waals surface area contributed by atoms with E-state index >= 15 is 0 Å². The van der Waals surface area contributed by atoms with Crippen LogP contribution in [0.3, 0.4) is 0 Å². The first kappa shape index (κ1) is 24.1. The summed E-state index contributed by atoms with van der Waals surface area (Å²) in [7, 11) is 0. The fraction of sp³-hybridized carbons (Fsp3) is 0.333. The molecule has 1 N–H and O–H groups in total. The number of H-pyrrole nitrogens is 1. The lowest BCUT2D eigenvalue weighted by atomic mass is 10.0. The molecule has 200 valence electrons. The Labute approximate surface area is 226 Å². The van der Waals surface area contributed by atoms with Gasteiger partial charge in [0.05, 0.1) is 31.0 Å². The van der Waals surface area contributed by atoms with E-state index in [9.17, 15) is 4.79 Å². The minimum Gasteiger partial charge on any atom is -0.468 e. The van der Waals surface area contributed by atoms with Crippen LogP contribution in [0.25, 0.3) is 10.9 Å². The molecule has 2 aliphatic rings. The van der Waals surface area contributed by atoms with Gasteiger partial charge in [0.2, 0.25) is 6.79 Å². The molecule has 0 unspecified atom stereocenters. The fourth-order valence-corrected chi connectivity index (χ4v) is 6.01. The van der Waals surface area contributed by atoms with Crippen molar-refractivity contribution in [1.82, 2.24) is 30.1 Å². The second-order valence-corrected chi connectivity index (χ2v) is 10.7. The number of benzene rings is 1. The van der Waals surface area contributed by atoms with E-state index in [0.29, 0.717) is 48.0 Å². The van der Waals surface area contributed by atoms with Crippen molar-refractivity contribution in [1.29, 1.82) is 0 Å². The Morgan fingerprint density at radius 3 is 2.87 bits per heavy atom. The molecular weight excluding hydrogens is 520 g/mol. The maximum absolute atomic E-state index is 13.8. The van der Waals surface area contributed by atoms with Crippen molar-refractivity contribution in [3.05, 3.63) is 86.5 Å². The normalized spacial score (nSPS) is 17.4. The molecule has 12 heteroatoms. The van der Waals surface area contributed by atoms with Gasteiger partial charge in [0.1, 0.15) is 11.8 Å². The first-order valence-corrected chi connectivity index (χ1v) is 13.7. The molecular formula is C27H26N6O5S. The average molecular weight is 547 g/mol. The molecule has 11 nitrogen and oxygen atoms in total. The molecule has 4 aromatic heterocycles. The number of tetrazole rings is 1. The van der Waals surface area contributed by atoms with Gasteiger partial charge in [0.25, 0.3) is 5.56 Å². The molecule has 0 saturated carbocycles. The number of aromatic nitrogens is 5. The second-order valence-electron chi connectivity index (χ2n) is 9.67. The van der Waals surface area contributed by atoms with Crippen molar-refractivity contribution < 1.29 is 18.6 Å². The van der Waals surface area contributed by atoms with E-state index in [-0.39, 0.29) is 18.5 Å². The highest BCUT2D eigenvalue weighted by Gasteiger charge is 2.33. The van der Waals surface area contributed by atoms with E-state index in [4.69, 9.17) is 18.6 Å². The monoisotopic (exact) mass is 546 g/mol. The Kier molecular flexibility index (Phi) is 6.35. The van der Waals surface area contributed by atoms with E-state index in [2.05, 4.69) is 31.5 Å². The maximum atomic E-state index is 13.8. The molecule has 5 aromatic rings. The van der Waals surface area contributed by atoms with Crippen LogP contribution >= 0.6 is 11.3 Å². The molecule has 0 amide bonds. The van der Waals surface area contributed by atoms with Crippen molar-refractivity contribution in [2.45, 2.75) is 44.6 Å². The van der Waals surface area contributed by atoms with Gasteiger partial charge in [-0.05, 0) is 59.0 Å². The van der Waals surface area contributed by atoms with Crippen LogP contribution in [-0.2, 0) is 24.4 Å². The van der Waals surface area contributed by atoms with Crippen molar-refractivity contribution in [2.24, 2.45) is 0 Å². The van der Waals surface area contributed by atoms with Gasteiger partial charge in [-0.3, -0.25) is 9.69 Å². The standard InChI is InChI=1S/C27H26N6O5S/c34-27-21(10-17-11-23-24(38-16-37-23)12-22(17)28-27)25(26-29-30-31-33(26)14-19-5-2-8-36-19)32(13-18-4-1-7-35-18)15-20-6-3-9-39-20/h1,3-4,6-7,9-12,19,25H,2,5,8,13-16H2,(H,28,34)/t19-,25+/m1/s1. The van der Waals surface area contributed by atoms with Crippen LogP contribution in [0, 0.1) is 0 Å². The molecule has 2 aliphatic heterocycles. The van der Waals surface area contributed by atoms with Crippen LogP contribution in [0.1, 0.15) is 40.9 Å². The molecule has 0 bridgehead atoms. The molecule has 1 fully saturated rings. The zero-order valence-corrected chi connectivity index (χ0v) is 21.8. The Bertz CT molecular complexity index is 1590. The zero-order valence-electron chi connectivity index (χ0n) is 21.0. The minimum atomic E-state index is -0.577. The maximum Gasteiger partial charge on any atom is 0.253 e. The number of fused-ring (bicyclic) bond motifs is 2. The van der Waals surface area contributed by atoms with Crippen LogP contribution < -0.4 is 15.0 Å². The van der Waals surface area contributed by atoms with E-state index in [1.807, 2.05) is 35.7 Å². The van der Waals surface area contributed by atoms with Gasteiger partial charge in [-0.2, -0.15) is 0 Å². The van der Waals surface area contributed by atoms with Crippen molar-refractivity contribution in [3.8, 4) is 11.5 Å². The molecule has 39 heavy (non-hydrogen) atoms. The van der Waals surface area contributed by atoms with E-state index < -0.39 is 6.04 Å². The summed E-state index contributed by atoms with van der Waals surface area (Å²) in [6.45, 7) is 2.40. The zero-order chi connectivity index (χ0) is 26.2. The third kappa shape index (κ3) is 4.82. The number of thiophene rings is 1. The number of aromatic amines is 1. The third-order valence-corrected chi connectivity index (χ3v) is 7.97. The first-order valence-electron chi connectivity index (χ1n) is 12.8. The van der Waals surface area contributed by atoms with Crippen LogP contribution in [0.5, 0.6) is 11.5 Å². The summed E-state index contributed by atoms with van der Waals surface area (Å²) in [5.74, 6) is 2.60. The highest BCUT2D eigenvalue weighted by Crippen LogP contribution is 2.37. The highest BCUT2D eigenvalue weighted by atomic mass is 32.1. The first-order chi connectivity index (χ1) is 19.2. The molecule has 1 aromatic carbocycles. The number of furan rings is 1. The lowest BCUT2D eigenvalue weighted by Gasteiger charge is -2.30. The highest BCUT2D eigenvalue weighted by molar-refractivity contribution is 7.09. The second kappa shape index (κ2) is 10.3. The summed E-state index contributed by atoms with van der Waals surface area (Å²) in [6, 6.07) is 12.9. The number of nitrogens with one attached hydrogen (secondary N) is 1. The van der Waals surface area contributed by atoms with Gasteiger partial charge >= 0.3 is 0 Å². The number of rotatable bonds is 9. The SMILES string of the molecule is O=c1[nH]c2cc3c(cc2cc1[C@@H](c1nnnn1C[C@H]1CCCO1)N(Cc1ccco1)Cc1cccs1)OCO3. The summed E-state index contributed by atoms with van der Waals surface area (Å²) in [4.78, 5) is 20.1. The van der Waals surface area contributed by atoms with E-state index in [1.54, 1.807) is 28.3 Å². The summed E-state index contributed by atoms with van der Waals surface area (Å²) >= 11 is 1.66. The van der Waals surface area contributed by atoms with Gasteiger partial charge < -0.3 is 23.6 Å². The minimum absolute atomic E-state index is 0.0262. The molecule has 6 heterocycles. The van der Waals surface area contributed by atoms with E-state index in [0.717, 1.165) is 35.5 Å². The Morgan fingerprint density at radius 1 is 1.15 bits per heavy atom. The van der Waals surface area contributed by atoms with Crippen molar-refractivity contribution >= 4 is 22.2 Å². The Morgan fingerprint density at radius 2 is 2.08 bits per heavy atom. The fourth-order valence-electron chi connectivity index (χ4n) is 5.28. The summed E-state index contributed by atoms with van der Waals surface area (Å²) < 4.78 is 24.5. The van der Waals surface area contributed by atoms with Gasteiger partial charge in [0.15, 0.2) is 17.3 Å². The summed E-state index contributed by atoms with van der Waals surface area (Å²) in [5, 5.41) is 15.7. The number of pyridine rings is 1. The Hall–Kier alpha value is -4.00. The van der Waals surface area contributed by atoms with Crippen LogP contribution in [0.2, 0.25) is 0 Å². The molecule has 0 radical (unpaired) electrons. The van der Waals surface area contributed by atoms with Crippen LogP contribution in [0.4, 0.5) is 0 Å². The number of ether oxygens (including phenoxy) is 3. The molecule has 1 saturated heterocycles. The van der Waals surface area contributed by atoms with Gasteiger partial charge in [-0.25, -0.2) is 4.68 Å².